The second-order valence-electron chi connectivity index (χ2n) is 7.07. The first kappa shape index (κ1) is 19.3. The minimum atomic E-state index is 0.0262. The van der Waals surface area contributed by atoms with Crippen molar-refractivity contribution in [3.05, 3.63) is 64.7 Å². The normalized spacial score (nSPS) is 11.2. The summed E-state index contributed by atoms with van der Waals surface area (Å²) in [7, 11) is 0. The number of ether oxygens (including phenoxy) is 1. The molecule has 1 amide bonds. The van der Waals surface area contributed by atoms with Crippen molar-refractivity contribution in [3.8, 4) is 5.75 Å². The van der Waals surface area contributed by atoms with Gasteiger partial charge in [0.15, 0.2) is 0 Å². The van der Waals surface area contributed by atoms with Crippen LogP contribution in [0, 0.1) is 0 Å². The average molecular weight is 360 g/mol. The number of carbonyl (C=O) groups excluding carboxylic acids is 1. The first-order valence-electron chi connectivity index (χ1n) is 8.60. The summed E-state index contributed by atoms with van der Waals surface area (Å²) >= 11 is 5.86. The zero-order valence-electron chi connectivity index (χ0n) is 15.1. The Morgan fingerprint density at radius 2 is 1.76 bits per heavy atom. The molecule has 0 heterocycles. The number of aryl methyl sites for hydroxylation is 1. The lowest BCUT2D eigenvalue weighted by atomic mass is 9.86. The van der Waals surface area contributed by atoms with Gasteiger partial charge in [0.1, 0.15) is 12.4 Å². The Bertz CT molecular complexity index is 690. The lowest BCUT2D eigenvalue weighted by Crippen LogP contribution is -2.28. The Balaban J connectivity index is 1.72. The molecule has 0 radical (unpaired) electrons. The van der Waals surface area contributed by atoms with E-state index in [1.54, 1.807) is 0 Å². The largest absolute Gasteiger partial charge is 0.491 e. The van der Waals surface area contributed by atoms with Crippen LogP contribution in [0.1, 0.15) is 38.3 Å². The molecule has 25 heavy (non-hydrogen) atoms. The van der Waals surface area contributed by atoms with Gasteiger partial charge >= 0.3 is 0 Å². The van der Waals surface area contributed by atoms with E-state index in [1.807, 2.05) is 42.5 Å². The lowest BCUT2D eigenvalue weighted by Gasteiger charge is -2.22. The predicted molar refractivity (Wildman–Crippen MR) is 103 cm³/mol. The second-order valence-corrected chi connectivity index (χ2v) is 7.51. The zero-order chi connectivity index (χ0) is 18.3. The Kier molecular flexibility index (Phi) is 6.89. The molecule has 2 aromatic carbocycles. The average Bonchev–Trinajstić information content (AvgIpc) is 2.58. The van der Waals surface area contributed by atoms with Crippen LogP contribution in [-0.2, 0) is 16.6 Å². The standard InChI is InChI=1S/C21H26ClNO2/c1-21(2,3)18-6-4-5-7-19(18)25-15-14-23-20(24)13-10-16-8-11-17(22)12-9-16/h4-9,11-12H,10,13-15H2,1-3H3,(H,23,24). The smallest absolute Gasteiger partial charge is 0.220 e. The predicted octanol–water partition coefficient (Wildman–Crippen LogP) is 4.77. The molecule has 0 fully saturated rings. The van der Waals surface area contributed by atoms with E-state index in [9.17, 15) is 4.79 Å². The topological polar surface area (TPSA) is 38.3 Å². The van der Waals surface area contributed by atoms with Crippen molar-refractivity contribution in [1.82, 2.24) is 5.32 Å². The second kappa shape index (κ2) is 8.91. The molecule has 0 unspecified atom stereocenters. The van der Waals surface area contributed by atoms with Gasteiger partial charge in [-0.1, -0.05) is 62.7 Å². The number of amides is 1. The van der Waals surface area contributed by atoms with E-state index in [1.165, 1.54) is 5.56 Å². The molecule has 2 rings (SSSR count). The molecule has 0 atom stereocenters. The van der Waals surface area contributed by atoms with E-state index in [4.69, 9.17) is 16.3 Å². The van der Waals surface area contributed by atoms with Gasteiger partial charge in [0.2, 0.25) is 5.91 Å². The molecule has 2 aromatic rings. The first-order valence-corrected chi connectivity index (χ1v) is 8.97. The summed E-state index contributed by atoms with van der Waals surface area (Å²) in [6, 6.07) is 15.6. The van der Waals surface area contributed by atoms with Crippen molar-refractivity contribution in [2.45, 2.75) is 39.0 Å². The molecule has 3 nitrogen and oxygen atoms in total. The summed E-state index contributed by atoms with van der Waals surface area (Å²) < 4.78 is 5.86. The maximum atomic E-state index is 11.9. The highest BCUT2D eigenvalue weighted by atomic mass is 35.5. The molecule has 4 heteroatoms. The summed E-state index contributed by atoms with van der Waals surface area (Å²) in [6.07, 6.45) is 1.16. The molecule has 0 aliphatic heterocycles. The number of rotatable bonds is 7. The molecular formula is C21H26ClNO2. The monoisotopic (exact) mass is 359 g/mol. The summed E-state index contributed by atoms with van der Waals surface area (Å²) in [5.41, 5.74) is 2.30. The maximum absolute atomic E-state index is 11.9. The minimum absolute atomic E-state index is 0.0262. The van der Waals surface area contributed by atoms with Crippen LogP contribution < -0.4 is 10.1 Å². The van der Waals surface area contributed by atoms with E-state index in [2.05, 4.69) is 32.2 Å². The Morgan fingerprint density at radius 1 is 1.08 bits per heavy atom. The van der Waals surface area contributed by atoms with Crippen LogP contribution in [0.15, 0.2) is 48.5 Å². The van der Waals surface area contributed by atoms with E-state index in [0.29, 0.717) is 31.0 Å². The van der Waals surface area contributed by atoms with Crippen LogP contribution in [0.5, 0.6) is 5.75 Å². The fourth-order valence-electron chi connectivity index (χ4n) is 2.56. The Hall–Kier alpha value is -2.00. The van der Waals surface area contributed by atoms with E-state index in [0.717, 1.165) is 11.3 Å². The molecule has 0 bridgehead atoms. The van der Waals surface area contributed by atoms with Gasteiger partial charge in [-0.15, -0.1) is 0 Å². The van der Waals surface area contributed by atoms with Gasteiger partial charge in [-0.25, -0.2) is 0 Å². The molecule has 0 saturated carbocycles. The summed E-state index contributed by atoms with van der Waals surface area (Å²) in [4.78, 5) is 11.9. The van der Waals surface area contributed by atoms with E-state index < -0.39 is 0 Å². The van der Waals surface area contributed by atoms with Crippen LogP contribution in [0.25, 0.3) is 0 Å². The van der Waals surface area contributed by atoms with Gasteiger partial charge in [0, 0.05) is 11.4 Å². The Morgan fingerprint density at radius 3 is 2.44 bits per heavy atom. The fraction of sp³-hybridized carbons (Fsp3) is 0.381. The van der Waals surface area contributed by atoms with Crippen molar-refractivity contribution in [2.75, 3.05) is 13.2 Å². The van der Waals surface area contributed by atoms with Crippen LogP contribution >= 0.6 is 11.6 Å². The molecule has 0 saturated heterocycles. The highest BCUT2D eigenvalue weighted by Gasteiger charge is 2.18. The molecule has 0 spiro atoms. The fourth-order valence-corrected chi connectivity index (χ4v) is 2.69. The van der Waals surface area contributed by atoms with Crippen molar-refractivity contribution in [2.24, 2.45) is 0 Å². The van der Waals surface area contributed by atoms with Crippen molar-refractivity contribution >= 4 is 17.5 Å². The molecule has 0 aromatic heterocycles. The molecule has 0 aliphatic carbocycles. The minimum Gasteiger partial charge on any atom is -0.491 e. The highest BCUT2D eigenvalue weighted by molar-refractivity contribution is 6.30. The van der Waals surface area contributed by atoms with Crippen LogP contribution in [0.2, 0.25) is 5.02 Å². The summed E-state index contributed by atoms with van der Waals surface area (Å²) in [6.45, 7) is 7.44. The lowest BCUT2D eigenvalue weighted by molar-refractivity contribution is -0.121. The molecule has 1 N–H and O–H groups in total. The first-order chi connectivity index (χ1) is 11.9. The number of benzene rings is 2. The van der Waals surface area contributed by atoms with Gasteiger partial charge < -0.3 is 10.1 Å². The van der Waals surface area contributed by atoms with E-state index >= 15 is 0 Å². The van der Waals surface area contributed by atoms with Gasteiger partial charge in [-0.2, -0.15) is 0 Å². The molecular weight excluding hydrogens is 334 g/mol. The number of halogens is 1. The van der Waals surface area contributed by atoms with E-state index in [-0.39, 0.29) is 11.3 Å². The number of hydrogen-bond acceptors (Lipinski definition) is 2. The Labute approximate surface area is 155 Å². The van der Waals surface area contributed by atoms with Crippen LogP contribution in [0.3, 0.4) is 0 Å². The van der Waals surface area contributed by atoms with Crippen molar-refractivity contribution in [1.29, 1.82) is 0 Å². The number of carbonyl (C=O) groups is 1. The highest BCUT2D eigenvalue weighted by Crippen LogP contribution is 2.30. The van der Waals surface area contributed by atoms with Crippen molar-refractivity contribution in [3.63, 3.8) is 0 Å². The van der Waals surface area contributed by atoms with Gasteiger partial charge in [-0.3, -0.25) is 4.79 Å². The molecule has 0 aliphatic rings. The third-order valence-electron chi connectivity index (χ3n) is 3.93. The number of nitrogens with one attached hydrogen (secondary N) is 1. The maximum Gasteiger partial charge on any atom is 0.220 e. The number of hydrogen-bond donors (Lipinski definition) is 1. The third-order valence-corrected chi connectivity index (χ3v) is 4.18. The van der Waals surface area contributed by atoms with Gasteiger partial charge in [0.25, 0.3) is 0 Å². The molecule has 134 valence electrons. The van der Waals surface area contributed by atoms with Crippen LogP contribution in [0.4, 0.5) is 0 Å². The van der Waals surface area contributed by atoms with Gasteiger partial charge in [0.05, 0.1) is 6.54 Å². The quantitative estimate of drug-likeness (QED) is 0.723. The van der Waals surface area contributed by atoms with Crippen molar-refractivity contribution < 1.29 is 9.53 Å². The summed E-state index contributed by atoms with van der Waals surface area (Å²) in [5, 5.41) is 3.61. The zero-order valence-corrected chi connectivity index (χ0v) is 15.9. The van der Waals surface area contributed by atoms with Gasteiger partial charge in [-0.05, 0) is 41.2 Å². The van der Waals surface area contributed by atoms with Crippen LogP contribution in [-0.4, -0.2) is 19.1 Å². The SMILES string of the molecule is CC(C)(C)c1ccccc1OCCNC(=O)CCc1ccc(Cl)cc1. The summed E-state index contributed by atoms with van der Waals surface area (Å²) in [5.74, 6) is 0.910. The number of para-hydroxylation sites is 1. The third kappa shape index (κ3) is 6.43.